The van der Waals surface area contributed by atoms with E-state index < -0.39 is 0 Å². The van der Waals surface area contributed by atoms with E-state index in [0.29, 0.717) is 19.0 Å². The Morgan fingerprint density at radius 3 is 2.89 bits per heavy atom. The first-order chi connectivity index (χ1) is 9.28. The molecule has 0 spiro atoms. The highest BCUT2D eigenvalue weighted by Gasteiger charge is 2.17. The van der Waals surface area contributed by atoms with E-state index in [1.165, 1.54) is 5.56 Å². The number of anilines is 1. The van der Waals surface area contributed by atoms with Crippen molar-refractivity contribution in [3.05, 3.63) is 53.2 Å². The summed E-state index contributed by atoms with van der Waals surface area (Å²) < 4.78 is 5.34. The number of hydrogen-bond acceptors (Lipinski definition) is 4. The molecule has 0 amide bonds. The molecule has 2 heterocycles. The van der Waals surface area contributed by atoms with Crippen molar-refractivity contribution in [3.63, 3.8) is 0 Å². The Kier molecular flexibility index (Phi) is 2.91. The highest BCUT2D eigenvalue weighted by atomic mass is 16.5. The maximum atomic E-state index is 5.84. The van der Waals surface area contributed by atoms with Crippen molar-refractivity contribution in [2.24, 2.45) is 4.99 Å². The Morgan fingerprint density at radius 1 is 1.26 bits per heavy atom. The molecule has 4 heteroatoms. The molecule has 0 saturated carbocycles. The molecular weight excluding hydrogens is 238 g/mol. The lowest BCUT2D eigenvalue weighted by Crippen LogP contribution is -2.03. The van der Waals surface area contributed by atoms with E-state index in [2.05, 4.69) is 9.98 Å². The minimum absolute atomic E-state index is 0.618. The van der Waals surface area contributed by atoms with Gasteiger partial charge in [0.05, 0.1) is 18.9 Å². The maximum Gasteiger partial charge on any atom is 0.213 e. The number of nitrogens with zero attached hydrogens (tertiary/aromatic N) is 2. The second kappa shape index (κ2) is 4.72. The van der Waals surface area contributed by atoms with Crippen molar-refractivity contribution < 1.29 is 4.74 Å². The molecule has 2 N–H and O–H groups in total. The van der Waals surface area contributed by atoms with E-state index in [4.69, 9.17) is 10.5 Å². The second-order valence-corrected chi connectivity index (χ2v) is 4.40. The molecule has 3 rings (SSSR count). The zero-order valence-corrected chi connectivity index (χ0v) is 10.8. The first kappa shape index (κ1) is 11.7. The van der Waals surface area contributed by atoms with Gasteiger partial charge in [0.15, 0.2) is 0 Å². The lowest BCUT2D eigenvalue weighted by atomic mass is 10.0. The van der Waals surface area contributed by atoms with Gasteiger partial charge in [-0.05, 0) is 30.7 Å². The first-order valence-electron chi connectivity index (χ1n) is 6.30. The second-order valence-electron chi connectivity index (χ2n) is 4.40. The van der Waals surface area contributed by atoms with Crippen LogP contribution in [0.15, 0.2) is 41.5 Å². The summed E-state index contributed by atoms with van der Waals surface area (Å²) in [6, 6.07) is 9.76. The minimum Gasteiger partial charge on any atom is -0.478 e. The number of aliphatic imine (C=N–C) groups is 1. The van der Waals surface area contributed by atoms with E-state index in [-0.39, 0.29) is 0 Å². The fourth-order valence-corrected chi connectivity index (χ4v) is 2.20. The average Bonchev–Trinajstić information content (AvgIpc) is 2.83. The fraction of sp³-hybridized carbons (Fsp3) is 0.200. The lowest BCUT2D eigenvalue weighted by molar-refractivity contribution is 0.327. The van der Waals surface area contributed by atoms with Crippen molar-refractivity contribution in [1.82, 2.24) is 4.98 Å². The Labute approximate surface area is 112 Å². The van der Waals surface area contributed by atoms with E-state index in [1.807, 2.05) is 37.3 Å². The first-order valence-corrected chi connectivity index (χ1v) is 6.30. The Morgan fingerprint density at radius 2 is 2.16 bits per heavy atom. The number of fused-ring (bicyclic) bond motifs is 1. The number of nitrogen functional groups attached to an aromatic ring is 1. The van der Waals surface area contributed by atoms with Gasteiger partial charge in [0, 0.05) is 29.1 Å². The highest BCUT2D eigenvalue weighted by Crippen LogP contribution is 2.25. The van der Waals surface area contributed by atoms with Crippen molar-refractivity contribution in [3.8, 4) is 5.88 Å². The molecule has 2 aromatic rings. The normalized spacial score (nSPS) is 13.0. The van der Waals surface area contributed by atoms with Crippen LogP contribution >= 0.6 is 0 Å². The van der Waals surface area contributed by atoms with Gasteiger partial charge in [-0.25, -0.2) is 4.98 Å². The molecule has 0 aliphatic carbocycles. The molecule has 0 radical (unpaired) electrons. The average molecular weight is 253 g/mol. The van der Waals surface area contributed by atoms with Gasteiger partial charge in [0.25, 0.3) is 0 Å². The van der Waals surface area contributed by atoms with Gasteiger partial charge >= 0.3 is 0 Å². The van der Waals surface area contributed by atoms with Crippen LogP contribution in [0, 0.1) is 0 Å². The van der Waals surface area contributed by atoms with Gasteiger partial charge in [0.1, 0.15) is 0 Å². The van der Waals surface area contributed by atoms with Crippen LogP contribution < -0.4 is 10.5 Å². The van der Waals surface area contributed by atoms with Crippen LogP contribution in [-0.4, -0.2) is 17.3 Å². The van der Waals surface area contributed by atoms with Crippen LogP contribution in [0.25, 0.3) is 0 Å². The van der Waals surface area contributed by atoms with Crippen LogP contribution in [-0.2, 0) is 6.54 Å². The molecule has 0 unspecified atom stereocenters. The minimum atomic E-state index is 0.618. The predicted octanol–water partition coefficient (Wildman–Crippen LogP) is 2.41. The third-order valence-corrected chi connectivity index (χ3v) is 3.10. The van der Waals surface area contributed by atoms with Crippen molar-refractivity contribution in [2.75, 3.05) is 12.3 Å². The summed E-state index contributed by atoms with van der Waals surface area (Å²) in [6.45, 7) is 3.26. The molecule has 0 fully saturated rings. The topological polar surface area (TPSA) is 60.5 Å². The largest absolute Gasteiger partial charge is 0.478 e. The maximum absolute atomic E-state index is 5.84. The summed E-state index contributed by atoms with van der Waals surface area (Å²) in [5.74, 6) is 0.637. The van der Waals surface area contributed by atoms with E-state index in [0.717, 1.165) is 22.5 Å². The number of rotatable bonds is 3. The number of nitrogens with two attached hydrogens (primary N) is 1. The molecule has 0 atom stereocenters. The summed E-state index contributed by atoms with van der Waals surface area (Å²) in [5, 5.41) is 0. The molecule has 4 nitrogen and oxygen atoms in total. The molecule has 1 aliphatic heterocycles. The highest BCUT2D eigenvalue weighted by molar-refractivity contribution is 6.15. The van der Waals surface area contributed by atoms with Crippen molar-refractivity contribution >= 4 is 11.4 Å². The Balaban J connectivity index is 1.94. The monoisotopic (exact) mass is 253 g/mol. The van der Waals surface area contributed by atoms with Crippen molar-refractivity contribution in [2.45, 2.75) is 13.5 Å². The number of pyridine rings is 1. The lowest BCUT2D eigenvalue weighted by Gasteiger charge is -2.06. The van der Waals surface area contributed by atoms with Gasteiger partial charge in [0.2, 0.25) is 5.88 Å². The summed E-state index contributed by atoms with van der Waals surface area (Å²) in [7, 11) is 0. The fourth-order valence-electron chi connectivity index (χ4n) is 2.20. The third-order valence-electron chi connectivity index (χ3n) is 3.10. The number of ether oxygens (including phenoxy) is 1. The molecule has 0 saturated heterocycles. The van der Waals surface area contributed by atoms with Gasteiger partial charge < -0.3 is 10.5 Å². The Bertz CT molecular complexity index is 632. The zero-order valence-electron chi connectivity index (χ0n) is 10.8. The smallest absolute Gasteiger partial charge is 0.213 e. The molecule has 0 bridgehead atoms. The summed E-state index contributed by atoms with van der Waals surface area (Å²) in [6.07, 6.45) is 1.79. The van der Waals surface area contributed by atoms with Crippen molar-refractivity contribution in [1.29, 1.82) is 0 Å². The van der Waals surface area contributed by atoms with Gasteiger partial charge in [-0.3, -0.25) is 4.99 Å². The molecule has 96 valence electrons. The quantitative estimate of drug-likeness (QED) is 0.854. The predicted molar refractivity (Wildman–Crippen MR) is 75.6 cm³/mol. The molecule has 1 aromatic carbocycles. The van der Waals surface area contributed by atoms with Crippen LogP contribution in [0.3, 0.4) is 0 Å². The van der Waals surface area contributed by atoms with E-state index in [9.17, 15) is 0 Å². The number of hydrogen-bond donors (Lipinski definition) is 1. The summed E-state index contributed by atoms with van der Waals surface area (Å²) in [5.41, 5.74) is 10.9. The molecule has 19 heavy (non-hydrogen) atoms. The van der Waals surface area contributed by atoms with Gasteiger partial charge in [-0.15, -0.1) is 0 Å². The van der Waals surface area contributed by atoms with Gasteiger partial charge in [-0.1, -0.05) is 6.07 Å². The molecule has 1 aliphatic rings. The van der Waals surface area contributed by atoms with Gasteiger partial charge in [-0.2, -0.15) is 0 Å². The standard InChI is InChI=1S/C15H15N3O/c1-2-19-14-6-4-11(9-17-14)15-13-7-12(16)5-3-10(13)8-18-15/h3-7,9H,2,8,16H2,1H3. The zero-order chi connectivity index (χ0) is 13.2. The SMILES string of the molecule is CCOc1ccc(C2=NCc3ccc(N)cc32)cn1. The Hall–Kier alpha value is -2.36. The summed E-state index contributed by atoms with van der Waals surface area (Å²) >= 11 is 0. The van der Waals surface area contributed by atoms with E-state index >= 15 is 0 Å². The van der Waals surface area contributed by atoms with Crippen LogP contribution in [0.2, 0.25) is 0 Å². The molecule has 1 aromatic heterocycles. The third kappa shape index (κ3) is 2.17. The summed E-state index contributed by atoms with van der Waals surface area (Å²) in [4.78, 5) is 8.85. The van der Waals surface area contributed by atoms with Crippen LogP contribution in [0.4, 0.5) is 5.69 Å². The number of aromatic nitrogens is 1. The van der Waals surface area contributed by atoms with E-state index in [1.54, 1.807) is 6.20 Å². The molecular formula is C15H15N3O. The van der Waals surface area contributed by atoms with Crippen LogP contribution in [0.5, 0.6) is 5.88 Å². The number of benzene rings is 1. The van der Waals surface area contributed by atoms with Crippen LogP contribution in [0.1, 0.15) is 23.6 Å².